The van der Waals surface area contributed by atoms with Crippen LogP contribution in [0.15, 0.2) is 24.3 Å². The average Bonchev–Trinajstić information content (AvgIpc) is 2.29. The maximum absolute atomic E-state index is 12.0. The molecule has 16 heavy (non-hydrogen) atoms. The van der Waals surface area contributed by atoms with Gasteiger partial charge >= 0.3 is 0 Å². The Labute approximate surface area is 98.8 Å². The summed E-state index contributed by atoms with van der Waals surface area (Å²) in [5, 5.41) is 3.22. The van der Waals surface area contributed by atoms with Gasteiger partial charge < -0.3 is 5.32 Å². The fourth-order valence-electron chi connectivity index (χ4n) is 1.87. The maximum atomic E-state index is 12.0. The zero-order chi connectivity index (χ0) is 11.5. The monoisotopic (exact) mass is 237 g/mol. The molecule has 1 aliphatic rings. The molecule has 1 atom stereocenters. The Balaban J connectivity index is 2.21. The number of carbonyl (C=O) groups is 2. The molecule has 1 fully saturated rings. The van der Waals surface area contributed by atoms with Gasteiger partial charge in [0.05, 0.1) is 0 Å². The van der Waals surface area contributed by atoms with E-state index in [2.05, 4.69) is 5.32 Å². The number of Topliss-reactive ketones (excluding diaryl/α,β-unsaturated/α-hetero) is 1. The van der Waals surface area contributed by atoms with E-state index in [0.29, 0.717) is 23.6 Å². The summed E-state index contributed by atoms with van der Waals surface area (Å²) >= 11 is 5.81. The third-order valence-corrected chi connectivity index (χ3v) is 2.95. The van der Waals surface area contributed by atoms with Crippen LogP contribution in [0.2, 0.25) is 5.02 Å². The van der Waals surface area contributed by atoms with E-state index in [1.165, 1.54) is 0 Å². The summed E-state index contributed by atoms with van der Waals surface area (Å²) in [5.41, 5.74) is 0.509. The summed E-state index contributed by atoms with van der Waals surface area (Å²) in [6, 6.07) is 6.72. The highest BCUT2D eigenvalue weighted by molar-refractivity contribution is 6.31. The van der Waals surface area contributed by atoms with E-state index in [1.807, 2.05) is 0 Å². The molecule has 3 nitrogen and oxygen atoms in total. The number of nitrogens with one attached hydrogen (secondary N) is 1. The standard InChI is InChI=1S/C12H12ClNO2/c13-9-4-1-3-8(7-9)11(15)10-5-2-6-14-12(10)16/h1,3-4,7,10H,2,5-6H2,(H,14,16). The van der Waals surface area contributed by atoms with Crippen LogP contribution < -0.4 is 5.32 Å². The van der Waals surface area contributed by atoms with Gasteiger partial charge in [-0.15, -0.1) is 0 Å². The van der Waals surface area contributed by atoms with Crippen LogP contribution in [0.25, 0.3) is 0 Å². The molecule has 84 valence electrons. The van der Waals surface area contributed by atoms with Gasteiger partial charge in [0.2, 0.25) is 5.91 Å². The molecule has 4 heteroatoms. The second-order valence-corrected chi connectivity index (χ2v) is 4.30. The first-order valence-electron chi connectivity index (χ1n) is 5.26. The number of benzene rings is 1. The van der Waals surface area contributed by atoms with Crippen molar-refractivity contribution >= 4 is 23.3 Å². The van der Waals surface area contributed by atoms with Crippen molar-refractivity contribution in [2.24, 2.45) is 5.92 Å². The highest BCUT2D eigenvalue weighted by atomic mass is 35.5. The van der Waals surface area contributed by atoms with E-state index in [4.69, 9.17) is 11.6 Å². The lowest BCUT2D eigenvalue weighted by Crippen LogP contribution is -2.40. The third kappa shape index (κ3) is 2.25. The molecule has 0 saturated carbocycles. The normalized spacial score (nSPS) is 20.3. The number of ketones is 1. The zero-order valence-electron chi connectivity index (χ0n) is 8.70. The summed E-state index contributed by atoms with van der Waals surface area (Å²) < 4.78 is 0. The predicted molar refractivity (Wildman–Crippen MR) is 61.5 cm³/mol. The summed E-state index contributed by atoms with van der Waals surface area (Å²) in [5.74, 6) is -0.858. The Morgan fingerprint density at radius 1 is 1.44 bits per heavy atom. The molecule has 0 aliphatic carbocycles. The molecule has 1 aromatic carbocycles. The first-order valence-corrected chi connectivity index (χ1v) is 5.64. The fourth-order valence-corrected chi connectivity index (χ4v) is 2.06. The molecular formula is C12H12ClNO2. The summed E-state index contributed by atoms with van der Waals surface area (Å²) in [6.45, 7) is 0.665. The lowest BCUT2D eigenvalue weighted by Gasteiger charge is -2.20. The van der Waals surface area contributed by atoms with Gasteiger partial charge in [0.25, 0.3) is 0 Å². The van der Waals surface area contributed by atoms with Gasteiger partial charge in [-0.2, -0.15) is 0 Å². The van der Waals surface area contributed by atoms with Gasteiger partial charge in [-0.05, 0) is 25.0 Å². The first-order chi connectivity index (χ1) is 7.68. The van der Waals surface area contributed by atoms with E-state index in [0.717, 1.165) is 6.42 Å². The highest BCUT2D eigenvalue weighted by Gasteiger charge is 2.29. The van der Waals surface area contributed by atoms with E-state index >= 15 is 0 Å². The number of hydrogen-bond donors (Lipinski definition) is 1. The number of hydrogen-bond acceptors (Lipinski definition) is 2. The van der Waals surface area contributed by atoms with Crippen LogP contribution in [0.5, 0.6) is 0 Å². The zero-order valence-corrected chi connectivity index (χ0v) is 9.46. The van der Waals surface area contributed by atoms with Crippen molar-refractivity contribution in [2.45, 2.75) is 12.8 Å². The van der Waals surface area contributed by atoms with Crippen LogP contribution in [0.3, 0.4) is 0 Å². The van der Waals surface area contributed by atoms with Crippen molar-refractivity contribution in [3.05, 3.63) is 34.9 Å². The van der Waals surface area contributed by atoms with Crippen LogP contribution >= 0.6 is 11.6 Å². The van der Waals surface area contributed by atoms with E-state index in [-0.39, 0.29) is 11.7 Å². The van der Waals surface area contributed by atoms with Crippen molar-refractivity contribution in [3.8, 4) is 0 Å². The Morgan fingerprint density at radius 2 is 2.25 bits per heavy atom. The molecule has 0 bridgehead atoms. The number of carbonyl (C=O) groups excluding carboxylic acids is 2. The average molecular weight is 238 g/mol. The van der Waals surface area contributed by atoms with Crippen molar-refractivity contribution in [1.82, 2.24) is 5.32 Å². The fraction of sp³-hybridized carbons (Fsp3) is 0.333. The van der Waals surface area contributed by atoms with Crippen LogP contribution in [0, 0.1) is 5.92 Å². The summed E-state index contributed by atoms with van der Waals surface area (Å²) in [4.78, 5) is 23.6. The molecule has 0 radical (unpaired) electrons. The minimum Gasteiger partial charge on any atom is -0.355 e. The lowest BCUT2D eigenvalue weighted by atomic mass is 9.90. The minimum absolute atomic E-state index is 0.139. The largest absolute Gasteiger partial charge is 0.355 e. The smallest absolute Gasteiger partial charge is 0.230 e. The van der Waals surface area contributed by atoms with Gasteiger partial charge in [-0.1, -0.05) is 23.7 Å². The molecule has 1 aromatic rings. The maximum Gasteiger partial charge on any atom is 0.230 e. The Morgan fingerprint density at radius 3 is 2.94 bits per heavy atom. The van der Waals surface area contributed by atoms with Gasteiger partial charge in [0.15, 0.2) is 5.78 Å². The summed E-state index contributed by atoms with van der Waals surface area (Å²) in [6.07, 6.45) is 1.47. The molecule has 0 aromatic heterocycles. The number of piperidine rings is 1. The summed E-state index contributed by atoms with van der Waals surface area (Å²) in [7, 11) is 0. The number of halogens is 1. The van der Waals surface area contributed by atoms with Crippen molar-refractivity contribution in [3.63, 3.8) is 0 Å². The first kappa shape index (κ1) is 11.1. The predicted octanol–water partition coefficient (Wildman–Crippen LogP) is 2.05. The second kappa shape index (κ2) is 4.66. The topological polar surface area (TPSA) is 46.2 Å². The van der Waals surface area contributed by atoms with Crippen molar-refractivity contribution < 1.29 is 9.59 Å². The van der Waals surface area contributed by atoms with Gasteiger partial charge in [0, 0.05) is 17.1 Å². The molecule has 1 saturated heterocycles. The van der Waals surface area contributed by atoms with Gasteiger partial charge in [-0.25, -0.2) is 0 Å². The van der Waals surface area contributed by atoms with Crippen LogP contribution in [0.1, 0.15) is 23.2 Å². The van der Waals surface area contributed by atoms with E-state index < -0.39 is 5.92 Å². The van der Waals surface area contributed by atoms with Crippen molar-refractivity contribution in [2.75, 3.05) is 6.54 Å². The van der Waals surface area contributed by atoms with E-state index in [1.54, 1.807) is 24.3 Å². The molecule has 1 unspecified atom stereocenters. The Bertz CT molecular complexity index is 431. The van der Waals surface area contributed by atoms with Crippen molar-refractivity contribution in [1.29, 1.82) is 0 Å². The van der Waals surface area contributed by atoms with Crippen LogP contribution in [0.4, 0.5) is 0 Å². The Hall–Kier alpha value is -1.35. The number of amides is 1. The molecule has 1 aliphatic heterocycles. The quantitative estimate of drug-likeness (QED) is 0.632. The van der Waals surface area contributed by atoms with Gasteiger partial charge in [0.1, 0.15) is 5.92 Å². The molecule has 1 heterocycles. The second-order valence-electron chi connectivity index (χ2n) is 3.86. The molecule has 1 amide bonds. The molecule has 1 N–H and O–H groups in total. The van der Waals surface area contributed by atoms with Crippen LogP contribution in [-0.4, -0.2) is 18.2 Å². The third-order valence-electron chi connectivity index (χ3n) is 2.71. The molecule has 0 spiro atoms. The Kier molecular flexibility index (Phi) is 3.25. The SMILES string of the molecule is O=C1NCCCC1C(=O)c1cccc(Cl)c1. The highest BCUT2D eigenvalue weighted by Crippen LogP contribution is 2.19. The number of rotatable bonds is 2. The van der Waals surface area contributed by atoms with Gasteiger partial charge in [-0.3, -0.25) is 9.59 Å². The lowest BCUT2D eigenvalue weighted by molar-refractivity contribution is -0.124. The molecular weight excluding hydrogens is 226 g/mol. The minimum atomic E-state index is -0.549. The molecule has 2 rings (SSSR count). The van der Waals surface area contributed by atoms with Crippen LogP contribution in [-0.2, 0) is 4.79 Å². The van der Waals surface area contributed by atoms with E-state index in [9.17, 15) is 9.59 Å².